The van der Waals surface area contributed by atoms with Gasteiger partial charge < -0.3 is 10.1 Å². The predicted molar refractivity (Wildman–Crippen MR) is 99.1 cm³/mol. The molecule has 0 bridgehead atoms. The quantitative estimate of drug-likeness (QED) is 0.855. The number of nitrogens with one attached hydrogen (secondary N) is 1. The zero-order valence-electron chi connectivity index (χ0n) is 15.4. The van der Waals surface area contributed by atoms with Gasteiger partial charge in [-0.2, -0.15) is 5.10 Å². The molecule has 2 aromatic rings. The summed E-state index contributed by atoms with van der Waals surface area (Å²) in [5.41, 5.74) is 2.80. The lowest BCUT2D eigenvalue weighted by Crippen LogP contribution is -2.34. The van der Waals surface area contributed by atoms with Gasteiger partial charge in [-0.05, 0) is 19.9 Å². The smallest absolute Gasteiger partial charge is 0.270 e. The minimum Gasteiger partial charge on any atom is -0.376 e. The molecule has 4 rings (SSSR count). The summed E-state index contributed by atoms with van der Waals surface area (Å²) in [5.74, 6) is 0.752. The molecule has 7 nitrogen and oxygen atoms in total. The van der Waals surface area contributed by atoms with Gasteiger partial charge in [0.15, 0.2) is 0 Å². The molecule has 1 N–H and O–H groups in total. The summed E-state index contributed by atoms with van der Waals surface area (Å²) < 4.78 is 7.96. The van der Waals surface area contributed by atoms with Gasteiger partial charge in [0.1, 0.15) is 5.69 Å². The third-order valence-corrected chi connectivity index (χ3v) is 6.15. The molecule has 0 radical (unpaired) electrons. The van der Waals surface area contributed by atoms with Crippen LogP contribution in [0.5, 0.6) is 0 Å². The maximum Gasteiger partial charge on any atom is 0.270 e. The van der Waals surface area contributed by atoms with E-state index in [1.165, 1.54) is 17.0 Å². The molecule has 0 spiro atoms. The van der Waals surface area contributed by atoms with E-state index >= 15 is 0 Å². The minimum absolute atomic E-state index is 0.0852. The number of hydrogen-bond acceptors (Lipinski definition) is 6. The van der Waals surface area contributed by atoms with Crippen LogP contribution < -0.4 is 5.32 Å². The lowest BCUT2D eigenvalue weighted by atomic mass is 9.93. The molecular weight excluding hydrogens is 350 g/mol. The molecule has 0 saturated carbocycles. The first-order chi connectivity index (χ1) is 12.5. The van der Waals surface area contributed by atoms with Crippen LogP contribution in [0.25, 0.3) is 0 Å². The maximum absolute atomic E-state index is 12.2. The van der Waals surface area contributed by atoms with E-state index in [1.54, 1.807) is 0 Å². The van der Waals surface area contributed by atoms with Gasteiger partial charge in [-0.15, -0.1) is 11.3 Å². The van der Waals surface area contributed by atoms with Crippen LogP contribution in [0.3, 0.4) is 0 Å². The molecule has 0 unspecified atom stereocenters. The number of ether oxygens (including phenoxy) is 1. The molecule has 0 aliphatic carbocycles. The van der Waals surface area contributed by atoms with Crippen LogP contribution in [0.4, 0.5) is 0 Å². The molecule has 2 saturated heterocycles. The van der Waals surface area contributed by atoms with Crippen LogP contribution in [0.1, 0.15) is 26.9 Å². The second-order valence-electron chi connectivity index (χ2n) is 7.35. The van der Waals surface area contributed by atoms with Crippen LogP contribution in [0.15, 0.2) is 11.4 Å². The molecular formula is C18H25N5O2S. The van der Waals surface area contributed by atoms with Crippen molar-refractivity contribution in [3.05, 3.63) is 33.5 Å². The highest BCUT2D eigenvalue weighted by Crippen LogP contribution is 2.34. The summed E-state index contributed by atoms with van der Waals surface area (Å²) in [4.78, 5) is 18.9. The van der Waals surface area contributed by atoms with Crippen molar-refractivity contribution in [3.63, 3.8) is 0 Å². The number of hydrogen-bond donors (Lipinski definition) is 1. The average molecular weight is 375 g/mol. The number of carbonyl (C=O) groups is 1. The molecule has 4 heterocycles. The number of amides is 1. The largest absolute Gasteiger partial charge is 0.376 e. The highest BCUT2D eigenvalue weighted by Gasteiger charge is 2.43. The summed E-state index contributed by atoms with van der Waals surface area (Å²) in [6.45, 7) is 8.15. The van der Waals surface area contributed by atoms with E-state index in [4.69, 9.17) is 4.74 Å². The Morgan fingerprint density at radius 1 is 1.42 bits per heavy atom. The van der Waals surface area contributed by atoms with Gasteiger partial charge in [0.05, 0.1) is 29.1 Å². The van der Waals surface area contributed by atoms with E-state index in [2.05, 4.69) is 26.4 Å². The summed E-state index contributed by atoms with van der Waals surface area (Å²) in [5, 5.41) is 10.2. The van der Waals surface area contributed by atoms with Gasteiger partial charge in [0.25, 0.3) is 5.91 Å². The Hall–Kier alpha value is -1.77. The Balaban J connectivity index is 1.31. The van der Waals surface area contributed by atoms with E-state index in [-0.39, 0.29) is 12.0 Å². The Kier molecular flexibility index (Phi) is 4.81. The van der Waals surface area contributed by atoms with Gasteiger partial charge in [-0.3, -0.25) is 14.4 Å². The van der Waals surface area contributed by atoms with Crippen LogP contribution in [0, 0.1) is 25.7 Å². The fourth-order valence-electron chi connectivity index (χ4n) is 4.04. The van der Waals surface area contributed by atoms with Crippen LogP contribution in [-0.4, -0.2) is 57.9 Å². The average Bonchev–Trinajstić information content (AvgIpc) is 3.32. The van der Waals surface area contributed by atoms with Crippen molar-refractivity contribution < 1.29 is 9.53 Å². The van der Waals surface area contributed by atoms with E-state index in [0.29, 0.717) is 24.1 Å². The van der Waals surface area contributed by atoms with E-state index in [0.717, 1.165) is 36.9 Å². The zero-order chi connectivity index (χ0) is 18.3. The monoisotopic (exact) mass is 375 g/mol. The molecule has 3 atom stereocenters. The SMILES string of the molecule is Cc1cc(CN2C[C@H]3[C@H](CNC(=O)c4csc(C)n4)CO[C@H]3C2)n(C)n1. The third kappa shape index (κ3) is 3.54. The van der Waals surface area contributed by atoms with E-state index in [1.807, 2.05) is 31.0 Å². The second kappa shape index (κ2) is 7.09. The van der Waals surface area contributed by atoms with Gasteiger partial charge in [-0.25, -0.2) is 4.98 Å². The van der Waals surface area contributed by atoms with Crippen molar-refractivity contribution >= 4 is 17.2 Å². The third-order valence-electron chi connectivity index (χ3n) is 5.38. The molecule has 2 aliphatic heterocycles. The Morgan fingerprint density at radius 2 is 2.27 bits per heavy atom. The van der Waals surface area contributed by atoms with E-state index in [9.17, 15) is 4.79 Å². The molecule has 140 valence electrons. The van der Waals surface area contributed by atoms with Gasteiger partial charge >= 0.3 is 0 Å². The number of aryl methyl sites for hydroxylation is 3. The second-order valence-corrected chi connectivity index (χ2v) is 8.41. The zero-order valence-corrected chi connectivity index (χ0v) is 16.3. The fraction of sp³-hybridized carbons (Fsp3) is 0.611. The molecule has 8 heteroatoms. The number of rotatable bonds is 5. The standard InChI is InChI=1S/C18H25N5O2S/c1-11-4-14(22(3)21-11)6-23-7-15-13(9-25-17(15)8-23)5-19-18(24)16-10-26-12(2)20-16/h4,10,13,15,17H,5-9H2,1-3H3,(H,19,24)/t13-,15+,17+/m1/s1. The highest BCUT2D eigenvalue weighted by atomic mass is 32.1. The fourth-order valence-corrected chi connectivity index (χ4v) is 4.64. The molecule has 0 aromatic carbocycles. The van der Waals surface area contributed by atoms with Crippen molar-refractivity contribution in [1.82, 2.24) is 25.0 Å². The Morgan fingerprint density at radius 3 is 2.96 bits per heavy atom. The number of aromatic nitrogens is 3. The number of likely N-dealkylation sites (tertiary alicyclic amines) is 1. The van der Waals surface area contributed by atoms with Crippen molar-refractivity contribution in [2.45, 2.75) is 26.5 Å². The predicted octanol–water partition coefficient (Wildman–Crippen LogP) is 1.37. The number of carbonyl (C=O) groups excluding carboxylic acids is 1. The number of thiazole rings is 1. The van der Waals surface area contributed by atoms with Crippen molar-refractivity contribution in [3.8, 4) is 0 Å². The Labute approximate surface area is 157 Å². The summed E-state index contributed by atoms with van der Waals surface area (Å²) in [7, 11) is 1.99. The molecule has 2 aliphatic rings. The Bertz CT molecular complexity index is 801. The normalized spacial score (nSPS) is 25.6. The number of fused-ring (bicyclic) bond motifs is 1. The van der Waals surface area contributed by atoms with Gasteiger partial charge in [-0.1, -0.05) is 0 Å². The van der Waals surface area contributed by atoms with Gasteiger partial charge in [0, 0.05) is 50.4 Å². The first kappa shape index (κ1) is 17.6. The van der Waals surface area contributed by atoms with Crippen molar-refractivity contribution in [1.29, 1.82) is 0 Å². The minimum atomic E-state index is -0.0852. The van der Waals surface area contributed by atoms with Crippen LogP contribution in [-0.2, 0) is 18.3 Å². The van der Waals surface area contributed by atoms with Crippen molar-refractivity contribution in [2.24, 2.45) is 18.9 Å². The molecule has 26 heavy (non-hydrogen) atoms. The van der Waals surface area contributed by atoms with Crippen LogP contribution in [0.2, 0.25) is 0 Å². The van der Waals surface area contributed by atoms with E-state index < -0.39 is 0 Å². The molecule has 2 aromatic heterocycles. The van der Waals surface area contributed by atoms with Gasteiger partial charge in [0.2, 0.25) is 0 Å². The lowest BCUT2D eigenvalue weighted by Gasteiger charge is -2.19. The van der Waals surface area contributed by atoms with Crippen LogP contribution >= 0.6 is 11.3 Å². The molecule has 2 fully saturated rings. The topological polar surface area (TPSA) is 72.3 Å². The first-order valence-electron chi connectivity index (χ1n) is 9.03. The lowest BCUT2D eigenvalue weighted by molar-refractivity contribution is 0.0899. The molecule has 1 amide bonds. The summed E-state index contributed by atoms with van der Waals surface area (Å²) in [6, 6.07) is 2.14. The van der Waals surface area contributed by atoms with Crippen molar-refractivity contribution in [2.75, 3.05) is 26.2 Å². The first-order valence-corrected chi connectivity index (χ1v) is 9.91. The maximum atomic E-state index is 12.2. The number of nitrogens with zero attached hydrogens (tertiary/aromatic N) is 4. The highest BCUT2D eigenvalue weighted by molar-refractivity contribution is 7.09. The summed E-state index contributed by atoms with van der Waals surface area (Å²) >= 11 is 1.50. The summed E-state index contributed by atoms with van der Waals surface area (Å²) in [6.07, 6.45) is 0.271.